The Morgan fingerprint density at radius 1 is 1.15 bits per heavy atom. The highest BCUT2D eigenvalue weighted by Gasteiger charge is 2.25. The van der Waals surface area contributed by atoms with Crippen LogP contribution in [0, 0.1) is 17.5 Å². The second-order valence-corrected chi connectivity index (χ2v) is 2.63. The molecule has 7 heteroatoms. The SMILES string of the molecule is OB(O)c1c(F)cc(F)c(Cl)c1F. The minimum absolute atomic E-state index is 0.278. The molecular formula is C6H3BClF3O2. The fraction of sp³-hybridized carbons (Fsp3) is 0. The highest BCUT2D eigenvalue weighted by molar-refractivity contribution is 6.59. The first-order chi connectivity index (χ1) is 5.95. The zero-order valence-corrected chi connectivity index (χ0v) is 6.82. The summed E-state index contributed by atoms with van der Waals surface area (Å²) in [5.41, 5.74) is -1.06. The monoisotopic (exact) mass is 210 g/mol. The number of hydrogen-bond donors (Lipinski definition) is 2. The predicted octanol–water partition coefficient (Wildman–Crippen LogP) is 0.437. The Morgan fingerprint density at radius 3 is 2.15 bits per heavy atom. The zero-order valence-electron chi connectivity index (χ0n) is 6.06. The van der Waals surface area contributed by atoms with Gasteiger partial charge in [-0.05, 0) is 0 Å². The number of rotatable bonds is 1. The van der Waals surface area contributed by atoms with Crippen LogP contribution in [0.15, 0.2) is 6.07 Å². The first-order valence-electron chi connectivity index (χ1n) is 3.14. The molecule has 2 N–H and O–H groups in total. The van der Waals surface area contributed by atoms with Gasteiger partial charge in [-0.2, -0.15) is 0 Å². The van der Waals surface area contributed by atoms with Gasteiger partial charge in [0, 0.05) is 6.07 Å². The van der Waals surface area contributed by atoms with Crippen LogP contribution in [0.25, 0.3) is 0 Å². The molecule has 0 aliphatic carbocycles. The minimum atomic E-state index is -2.36. The Bertz CT molecular complexity index is 345. The number of benzene rings is 1. The van der Waals surface area contributed by atoms with Crippen LogP contribution in [0.2, 0.25) is 5.02 Å². The highest BCUT2D eigenvalue weighted by atomic mass is 35.5. The van der Waals surface area contributed by atoms with Gasteiger partial charge in [0.2, 0.25) is 0 Å². The van der Waals surface area contributed by atoms with Crippen LogP contribution in [0.5, 0.6) is 0 Å². The molecule has 1 aromatic carbocycles. The third kappa shape index (κ3) is 1.79. The first kappa shape index (κ1) is 10.4. The molecule has 0 atom stereocenters. The molecule has 0 amide bonds. The van der Waals surface area contributed by atoms with E-state index in [2.05, 4.69) is 0 Å². The van der Waals surface area contributed by atoms with E-state index in [9.17, 15) is 13.2 Å². The van der Waals surface area contributed by atoms with Crippen LogP contribution < -0.4 is 5.46 Å². The summed E-state index contributed by atoms with van der Waals surface area (Å²) in [6.45, 7) is 0. The lowest BCUT2D eigenvalue weighted by molar-refractivity contribution is 0.418. The maximum absolute atomic E-state index is 12.8. The molecule has 1 rings (SSSR count). The summed E-state index contributed by atoms with van der Waals surface area (Å²) in [5, 5.41) is 16.0. The average Bonchev–Trinajstić information content (AvgIpc) is 1.99. The maximum Gasteiger partial charge on any atom is 0.494 e. The second-order valence-electron chi connectivity index (χ2n) is 2.26. The first-order valence-corrected chi connectivity index (χ1v) is 3.52. The molecule has 0 aromatic heterocycles. The Hall–Kier alpha value is -0.715. The molecular weight excluding hydrogens is 207 g/mol. The average molecular weight is 210 g/mol. The van der Waals surface area contributed by atoms with Gasteiger partial charge in [0.1, 0.15) is 22.5 Å². The lowest BCUT2D eigenvalue weighted by atomic mass is 9.79. The molecule has 0 fully saturated rings. The number of hydrogen-bond acceptors (Lipinski definition) is 2. The third-order valence-electron chi connectivity index (χ3n) is 1.41. The third-order valence-corrected chi connectivity index (χ3v) is 1.75. The Morgan fingerprint density at radius 2 is 1.69 bits per heavy atom. The summed E-state index contributed by atoms with van der Waals surface area (Å²) >= 11 is 5.06. The van der Waals surface area contributed by atoms with Gasteiger partial charge in [0.05, 0.1) is 5.46 Å². The van der Waals surface area contributed by atoms with Crippen LogP contribution in [-0.4, -0.2) is 17.2 Å². The molecule has 2 nitrogen and oxygen atoms in total. The number of halogens is 4. The lowest BCUT2D eigenvalue weighted by Gasteiger charge is -2.05. The fourth-order valence-corrected chi connectivity index (χ4v) is 0.973. The minimum Gasteiger partial charge on any atom is -0.423 e. The van der Waals surface area contributed by atoms with Crippen molar-refractivity contribution in [3.05, 3.63) is 28.5 Å². The molecule has 0 spiro atoms. The van der Waals surface area contributed by atoms with E-state index in [-0.39, 0.29) is 6.07 Å². The summed E-state index contributed by atoms with van der Waals surface area (Å²) in [6.07, 6.45) is 0. The van der Waals surface area contributed by atoms with E-state index in [4.69, 9.17) is 21.6 Å². The van der Waals surface area contributed by atoms with Crippen molar-refractivity contribution in [3.8, 4) is 0 Å². The van der Waals surface area contributed by atoms with E-state index < -0.39 is 35.1 Å². The Kier molecular flexibility index (Phi) is 2.85. The molecule has 13 heavy (non-hydrogen) atoms. The van der Waals surface area contributed by atoms with Gasteiger partial charge in [-0.3, -0.25) is 0 Å². The predicted molar refractivity (Wildman–Crippen MR) is 41.2 cm³/mol. The van der Waals surface area contributed by atoms with Gasteiger partial charge in [0.25, 0.3) is 0 Å². The van der Waals surface area contributed by atoms with Crippen LogP contribution in [-0.2, 0) is 0 Å². The highest BCUT2D eigenvalue weighted by Crippen LogP contribution is 2.18. The molecule has 0 bridgehead atoms. The van der Waals surface area contributed by atoms with Crippen LogP contribution in [0.4, 0.5) is 13.2 Å². The molecule has 1 aromatic rings. The van der Waals surface area contributed by atoms with E-state index in [1.807, 2.05) is 0 Å². The Labute approximate surface area is 76.7 Å². The zero-order chi connectivity index (χ0) is 10.2. The van der Waals surface area contributed by atoms with Crippen molar-refractivity contribution in [1.29, 1.82) is 0 Å². The Balaban J connectivity index is 3.44. The quantitative estimate of drug-likeness (QED) is 0.401. The van der Waals surface area contributed by atoms with E-state index in [1.165, 1.54) is 0 Å². The van der Waals surface area contributed by atoms with Gasteiger partial charge >= 0.3 is 7.12 Å². The van der Waals surface area contributed by atoms with Gasteiger partial charge in [-0.1, -0.05) is 11.6 Å². The van der Waals surface area contributed by atoms with Crippen LogP contribution in [0.1, 0.15) is 0 Å². The van der Waals surface area contributed by atoms with Crippen molar-refractivity contribution in [2.45, 2.75) is 0 Å². The molecule has 0 aliphatic heterocycles. The maximum atomic E-state index is 12.8. The smallest absolute Gasteiger partial charge is 0.423 e. The van der Waals surface area contributed by atoms with Crippen LogP contribution >= 0.6 is 11.6 Å². The van der Waals surface area contributed by atoms with E-state index in [0.717, 1.165) is 0 Å². The van der Waals surface area contributed by atoms with Crippen LogP contribution in [0.3, 0.4) is 0 Å². The molecule has 0 saturated heterocycles. The summed E-state index contributed by atoms with van der Waals surface area (Å²) < 4.78 is 38.0. The van der Waals surface area contributed by atoms with Crippen molar-refractivity contribution >= 4 is 24.2 Å². The van der Waals surface area contributed by atoms with Gasteiger partial charge in [-0.15, -0.1) is 0 Å². The van der Waals surface area contributed by atoms with Gasteiger partial charge in [0.15, 0.2) is 0 Å². The standard InChI is InChI=1S/C6H3BClF3O2/c8-5-3(10)1-2(9)4(6(5)11)7(12)13/h1,12-13H. The molecule has 70 valence electrons. The van der Waals surface area contributed by atoms with E-state index >= 15 is 0 Å². The van der Waals surface area contributed by atoms with Crippen molar-refractivity contribution in [2.24, 2.45) is 0 Å². The summed E-state index contributed by atoms with van der Waals surface area (Å²) in [5.74, 6) is -4.19. The van der Waals surface area contributed by atoms with Crippen molar-refractivity contribution in [3.63, 3.8) is 0 Å². The van der Waals surface area contributed by atoms with Crippen molar-refractivity contribution in [2.75, 3.05) is 0 Å². The van der Waals surface area contributed by atoms with E-state index in [0.29, 0.717) is 0 Å². The van der Waals surface area contributed by atoms with Crippen molar-refractivity contribution < 1.29 is 23.2 Å². The molecule has 0 unspecified atom stereocenters. The lowest BCUT2D eigenvalue weighted by Crippen LogP contribution is -2.36. The fourth-order valence-electron chi connectivity index (χ4n) is 0.817. The largest absolute Gasteiger partial charge is 0.494 e. The summed E-state index contributed by atoms with van der Waals surface area (Å²) in [6, 6.07) is 0.278. The molecule has 0 heterocycles. The molecule has 0 saturated carbocycles. The summed E-state index contributed by atoms with van der Waals surface area (Å²) in [7, 11) is -2.36. The van der Waals surface area contributed by atoms with Gasteiger partial charge < -0.3 is 10.0 Å². The normalized spacial score (nSPS) is 10.3. The van der Waals surface area contributed by atoms with Crippen molar-refractivity contribution in [1.82, 2.24) is 0 Å². The molecule has 0 aliphatic rings. The van der Waals surface area contributed by atoms with Gasteiger partial charge in [-0.25, -0.2) is 13.2 Å². The second kappa shape index (κ2) is 3.57. The van der Waals surface area contributed by atoms with E-state index in [1.54, 1.807) is 0 Å². The topological polar surface area (TPSA) is 40.5 Å². The summed E-state index contributed by atoms with van der Waals surface area (Å²) in [4.78, 5) is 0. The molecule has 0 radical (unpaired) electrons.